The lowest BCUT2D eigenvalue weighted by Crippen LogP contribution is -2.02. The maximum atomic E-state index is 10.8. The first-order valence-corrected chi connectivity index (χ1v) is 18.5. The summed E-state index contributed by atoms with van der Waals surface area (Å²) in [7, 11) is 0. The fourth-order valence-corrected chi connectivity index (χ4v) is 9.07. The van der Waals surface area contributed by atoms with Gasteiger partial charge in [0, 0.05) is 37.9 Å². The lowest BCUT2D eigenvalue weighted by atomic mass is 9.97. The molecule has 0 N–H and O–H groups in total. The van der Waals surface area contributed by atoms with E-state index in [9.17, 15) is 10.5 Å². The van der Waals surface area contributed by atoms with Crippen LogP contribution >= 0.6 is 0 Å². The first-order valence-electron chi connectivity index (χ1n) is 18.5. The van der Waals surface area contributed by atoms with E-state index in [4.69, 9.17) is 8.83 Å². The highest BCUT2D eigenvalue weighted by Gasteiger charge is 2.24. The smallest absolute Gasteiger partial charge is 0.145 e. The van der Waals surface area contributed by atoms with Crippen molar-refractivity contribution in [2.24, 2.45) is 0 Å². The Morgan fingerprint density at radius 1 is 0.411 bits per heavy atom. The van der Waals surface area contributed by atoms with Gasteiger partial charge in [0.1, 0.15) is 34.5 Å². The monoisotopic (exact) mass is 714 g/mol. The van der Waals surface area contributed by atoms with Gasteiger partial charge in [-0.05, 0) is 72.3 Å². The molecular formula is C50H26N4O2. The molecule has 0 radical (unpaired) electrons. The summed E-state index contributed by atoms with van der Waals surface area (Å²) in [4.78, 5) is 0. The molecule has 0 fully saturated rings. The van der Waals surface area contributed by atoms with E-state index >= 15 is 0 Å². The van der Waals surface area contributed by atoms with E-state index in [-0.39, 0.29) is 0 Å². The normalized spacial score (nSPS) is 11.9. The summed E-state index contributed by atoms with van der Waals surface area (Å²) in [5.74, 6) is 0. The van der Waals surface area contributed by atoms with E-state index in [2.05, 4.69) is 88.0 Å². The molecule has 0 unspecified atom stereocenters. The van der Waals surface area contributed by atoms with Crippen LogP contribution in [0.5, 0.6) is 0 Å². The molecule has 6 nitrogen and oxygen atoms in total. The van der Waals surface area contributed by atoms with Crippen molar-refractivity contribution >= 4 is 87.5 Å². The Morgan fingerprint density at radius 2 is 0.946 bits per heavy atom. The van der Waals surface area contributed by atoms with Crippen LogP contribution in [-0.4, -0.2) is 9.13 Å². The highest BCUT2D eigenvalue weighted by Crippen LogP contribution is 2.44. The van der Waals surface area contributed by atoms with Crippen LogP contribution in [0, 0.1) is 22.7 Å². The highest BCUT2D eigenvalue weighted by molar-refractivity contribution is 6.25. The molecule has 0 spiro atoms. The molecule has 6 heteroatoms. The lowest BCUT2D eigenvalue weighted by molar-refractivity contribution is 0.672. The number of furan rings is 2. The summed E-state index contributed by atoms with van der Waals surface area (Å²) < 4.78 is 17.4. The predicted octanol–water partition coefficient (Wildman–Crippen LogP) is 13.1. The molecule has 0 amide bonds. The number of fused-ring (bicyclic) bond motifs is 14. The van der Waals surface area contributed by atoms with E-state index in [1.807, 2.05) is 91.0 Å². The fourth-order valence-electron chi connectivity index (χ4n) is 9.07. The van der Waals surface area contributed by atoms with Gasteiger partial charge in [-0.3, -0.25) is 0 Å². The third-order valence-corrected chi connectivity index (χ3v) is 11.4. The largest absolute Gasteiger partial charge is 0.455 e. The average molecular weight is 715 g/mol. The SMILES string of the molecule is N#Cc1cc(-c2cccc(C#N)c2-n2c3ccccc3c3c4oc5ccccc5c4ccc32)ccc1-n1c2ccccc2c2c3oc4ccccc4c3ccc21. The van der Waals surface area contributed by atoms with Crippen LogP contribution in [0.1, 0.15) is 11.1 Å². The van der Waals surface area contributed by atoms with Gasteiger partial charge in [0.25, 0.3) is 0 Å². The molecule has 0 aliphatic heterocycles. The molecule has 4 heterocycles. The molecule has 0 aliphatic rings. The number of hydrogen-bond donors (Lipinski definition) is 0. The number of hydrogen-bond acceptors (Lipinski definition) is 4. The third-order valence-electron chi connectivity index (χ3n) is 11.4. The van der Waals surface area contributed by atoms with Crippen molar-refractivity contribution in [3.63, 3.8) is 0 Å². The molecule has 8 aromatic carbocycles. The van der Waals surface area contributed by atoms with Gasteiger partial charge >= 0.3 is 0 Å². The molecule has 0 saturated heterocycles. The van der Waals surface area contributed by atoms with Crippen LogP contribution in [0.3, 0.4) is 0 Å². The second-order valence-corrected chi connectivity index (χ2v) is 14.2. The Bertz CT molecular complexity index is 3750. The lowest BCUT2D eigenvalue weighted by Gasteiger charge is -2.17. The van der Waals surface area contributed by atoms with Gasteiger partial charge in [0.15, 0.2) is 0 Å². The van der Waals surface area contributed by atoms with E-state index < -0.39 is 0 Å². The van der Waals surface area contributed by atoms with Crippen molar-refractivity contribution < 1.29 is 8.83 Å². The molecule has 12 aromatic rings. The average Bonchev–Trinajstić information content (AvgIpc) is 4.00. The van der Waals surface area contributed by atoms with Crippen molar-refractivity contribution in [3.8, 4) is 34.6 Å². The molecule has 12 rings (SSSR count). The Balaban J connectivity index is 1.11. The van der Waals surface area contributed by atoms with Crippen molar-refractivity contribution in [2.45, 2.75) is 0 Å². The summed E-state index contributed by atoms with van der Waals surface area (Å²) in [5, 5.41) is 29.8. The van der Waals surface area contributed by atoms with E-state index in [1.54, 1.807) is 0 Å². The van der Waals surface area contributed by atoms with Gasteiger partial charge in [-0.1, -0.05) is 91.0 Å². The molecule has 0 bridgehead atoms. The van der Waals surface area contributed by atoms with Crippen molar-refractivity contribution in [1.82, 2.24) is 9.13 Å². The summed E-state index contributed by atoms with van der Waals surface area (Å²) in [6.45, 7) is 0. The predicted molar refractivity (Wildman–Crippen MR) is 225 cm³/mol. The first kappa shape index (κ1) is 30.4. The minimum absolute atomic E-state index is 0.509. The van der Waals surface area contributed by atoms with Crippen molar-refractivity contribution in [3.05, 3.63) is 169 Å². The van der Waals surface area contributed by atoms with Crippen molar-refractivity contribution in [2.75, 3.05) is 0 Å². The molecular weight excluding hydrogens is 689 g/mol. The van der Waals surface area contributed by atoms with E-state index in [0.717, 1.165) is 110 Å². The molecule has 4 aromatic heterocycles. The zero-order valence-corrected chi connectivity index (χ0v) is 29.6. The van der Waals surface area contributed by atoms with Gasteiger partial charge in [-0.15, -0.1) is 0 Å². The maximum absolute atomic E-state index is 10.8. The van der Waals surface area contributed by atoms with Crippen LogP contribution in [-0.2, 0) is 0 Å². The number of benzene rings is 8. The van der Waals surface area contributed by atoms with Crippen LogP contribution in [0.25, 0.3) is 110 Å². The fraction of sp³-hybridized carbons (Fsp3) is 0. The molecule has 0 saturated carbocycles. The van der Waals surface area contributed by atoms with Crippen LogP contribution < -0.4 is 0 Å². The molecule has 0 atom stereocenters. The zero-order chi connectivity index (χ0) is 37.1. The molecule has 56 heavy (non-hydrogen) atoms. The first-order chi connectivity index (χ1) is 27.7. The standard InChI is InChI=1S/C50H26N4O2/c51-27-30-10-9-15-32(48(30)54-41-17-6-2-14-38(41)47-43(54)25-22-36-34-12-4-8-19-45(34)56-50(36)47)29-20-23-39(31(26-29)28-52)53-40-16-5-1-13-37(40)46-42(53)24-21-35-33-11-3-7-18-44(33)55-49(35)46/h1-26H. The number of rotatable bonds is 3. The minimum Gasteiger partial charge on any atom is -0.455 e. The zero-order valence-electron chi connectivity index (χ0n) is 29.6. The Kier molecular flexibility index (Phi) is 6.10. The third kappa shape index (κ3) is 3.97. The highest BCUT2D eigenvalue weighted by atomic mass is 16.3. The number of aromatic nitrogens is 2. The Hall–Kier alpha value is -8.06. The summed E-state index contributed by atoms with van der Waals surface area (Å²) >= 11 is 0. The maximum Gasteiger partial charge on any atom is 0.145 e. The molecule has 0 aliphatic carbocycles. The quantitative estimate of drug-likeness (QED) is 0.182. The van der Waals surface area contributed by atoms with E-state index in [1.165, 1.54) is 0 Å². The summed E-state index contributed by atoms with van der Waals surface area (Å²) in [6.07, 6.45) is 0. The van der Waals surface area contributed by atoms with Gasteiger partial charge in [-0.2, -0.15) is 10.5 Å². The topological polar surface area (TPSA) is 83.7 Å². The van der Waals surface area contributed by atoms with Crippen LogP contribution in [0.4, 0.5) is 0 Å². The van der Waals surface area contributed by atoms with Gasteiger partial charge < -0.3 is 18.0 Å². The van der Waals surface area contributed by atoms with Gasteiger partial charge in [0.05, 0.1) is 55.3 Å². The number of para-hydroxylation sites is 5. The van der Waals surface area contributed by atoms with Gasteiger partial charge in [-0.25, -0.2) is 0 Å². The van der Waals surface area contributed by atoms with Crippen molar-refractivity contribution in [1.29, 1.82) is 10.5 Å². The second kappa shape index (κ2) is 11.2. The Labute approximate surface area is 318 Å². The van der Waals surface area contributed by atoms with Crippen LogP contribution in [0.2, 0.25) is 0 Å². The van der Waals surface area contributed by atoms with Gasteiger partial charge in [0.2, 0.25) is 0 Å². The minimum atomic E-state index is 0.509. The van der Waals surface area contributed by atoms with Crippen LogP contribution in [0.15, 0.2) is 167 Å². The number of nitrogens with zero attached hydrogens (tertiary/aromatic N) is 4. The summed E-state index contributed by atoms with van der Waals surface area (Å²) in [5.41, 5.74) is 11.4. The Morgan fingerprint density at radius 3 is 1.55 bits per heavy atom. The second-order valence-electron chi connectivity index (χ2n) is 14.2. The summed E-state index contributed by atoms with van der Waals surface area (Å²) in [6, 6.07) is 58.1. The van der Waals surface area contributed by atoms with E-state index in [0.29, 0.717) is 11.1 Å². The molecule has 258 valence electrons. The number of nitriles is 2.